The topological polar surface area (TPSA) is 126 Å². The molecule has 12 heteroatoms. The maximum Gasteiger partial charge on any atom is 0.522 e. The van der Waals surface area contributed by atoms with Crippen LogP contribution in [0.4, 0.5) is 19.0 Å². The summed E-state index contributed by atoms with van der Waals surface area (Å²) in [7, 11) is 0. The van der Waals surface area contributed by atoms with E-state index >= 15 is 0 Å². The maximum absolute atomic E-state index is 11.8. The summed E-state index contributed by atoms with van der Waals surface area (Å²) in [5.41, 5.74) is 4.87. The van der Waals surface area contributed by atoms with Crippen molar-refractivity contribution in [1.29, 1.82) is 0 Å². The fraction of sp³-hybridized carbons (Fsp3) is 0.444. The van der Waals surface area contributed by atoms with Gasteiger partial charge in [0.05, 0.1) is 19.5 Å². The number of hydrogen-bond acceptors (Lipinski definition) is 6. The van der Waals surface area contributed by atoms with Gasteiger partial charge in [-0.05, 0) is 0 Å². The van der Waals surface area contributed by atoms with Crippen LogP contribution in [-0.4, -0.2) is 46.3 Å². The number of nitrogens with zero attached hydrogens (tertiary/aromatic N) is 4. The second kappa shape index (κ2) is 6.78. The molecular formula is C9H11F3N6O3. The molecule has 1 rings (SSSR count). The van der Waals surface area contributed by atoms with Crippen LogP contribution in [0.1, 0.15) is 17.4 Å². The number of aromatic nitrogens is 2. The number of carbonyl (C=O) groups excluding carboxylic acids is 2. The Morgan fingerprint density at radius 2 is 2.19 bits per heavy atom. The van der Waals surface area contributed by atoms with Crippen LogP contribution in [0.5, 0.6) is 0 Å². The minimum atomic E-state index is -4.80. The van der Waals surface area contributed by atoms with Crippen LogP contribution < -0.4 is 5.73 Å². The summed E-state index contributed by atoms with van der Waals surface area (Å²) in [5.74, 6) is -1.71. The van der Waals surface area contributed by atoms with Crippen molar-refractivity contribution in [1.82, 2.24) is 15.0 Å². The third kappa shape index (κ3) is 5.56. The van der Waals surface area contributed by atoms with E-state index in [-0.39, 0.29) is 11.5 Å². The summed E-state index contributed by atoms with van der Waals surface area (Å²) in [6, 6.07) is 0. The molecule has 0 spiro atoms. The summed E-state index contributed by atoms with van der Waals surface area (Å²) < 4.78 is 39.0. The lowest BCUT2D eigenvalue weighted by Gasteiger charge is -2.14. The Morgan fingerprint density at radius 1 is 1.52 bits per heavy atom. The Hall–Kier alpha value is -2.50. The molecule has 21 heavy (non-hydrogen) atoms. The van der Waals surface area contributed by atoms with E-state index in [0.29, 0.717) is 5.01 Å². The number of ether oxygens (including phenoxy) is 1. The Morgan fingerprint density at radius 3 is 2.71 bits per heavy atom. The molecule has 1 aromatic rings. The molecule has 0 aliphatic carbocycles. The summed E-state index contributed by atoms with van der Waals surface area (Å²) >= 11 is 0. The molecular weight excluding hydrogens is 297 g/mol. The Bertz CT molecular complexity index is 541. The van der Waals surface area contributed by atoms with Gasteiger partial charge in [0.1, 0.15) is 0 Å². The second-order valence-electron chi connectivity index (χ2n) is 3.59. The molecule has 116 valence electrons. The van der Waals surface area contributed by atoms with Crippen LogP contribution in [0.25, 0.3) is 0 Å². The lowest BCUT2D eigenvalue weighted by molar-refractivity contribution is -0.324. The smallest absolute Gasteiger partial charge is 0.364 e. The molecule has 0 fully saturated rings. The highest BCUT2D eigenvalue weighted by atomic mass is 19.4. The fourth-order valence-electron chi connectivity index (χ4n) is 1.15. The lowest BCUT2D eigenvalue weighted by Crippen LogP contribution is -2.29. The van der Waals surface area contributed by atoms with Crippen molar-refractivity contribution >= 4 is 17.6 Å². The van der Waals surface area contributed by atoms with E-state index in [1.54, 1.807) is 0 Å². The molecule has 0 bridgehead atoms. The van der Waals surface area contributed by atoms with Crippen molar-refractivity contribution in [3.8, 4) is 0 Å². The number of hydrogen-bond donors (Lipinski definition) is 2. The molecule has 3 N–H and O–H groups in total. The fourth-order valence-corrected chi connectivity index (χ4v) is 1.15. The summed E-state index contributed by atoms with van der Waals surface area (Å²) in [4.78, 5) is 28.2. The second-order valence-corrected chi connectivity index (χ2v) is 3.59. The quantitative estimate of drug-likeness (QED) is 0.597. The summed E-state index contributed by atoms with van der Waals surface area (Å²) in [6.45, 7) is -0.216. The number of rotatable bonds is 6. The van der Waals surface area contributed by atoms with Crippen molar-refractivity contribution in [2.45, 2.75) is 13.3 Å². The Labute approximate surface area is 115 Å². The molecule has 0 saturated heterocycles. The lowest BCUT2D eigenvalue weighted by atomic mass is 10.4. The predicted molar refractivity (Wildman–Crippen MR) is 61.0 cm³/mol. The molecule has 1 heterocycles. The van der Waals surface area contributed by atoms with Gasteiger partial charge in [0.2, 0.25) is 11.7 Å². The van der Waals surface area contributed by atoms with Gasteiger partial charge in [0.15, 0.2) is 5.69 Å². The molecule has 0 aliphatic heterocycles. The predicted octanol–water partition coefficient (Wildman–Crippen LogP) is 0.892. The van der Waals surface area contributed by atoms with Gasteiger partial charge < -0.3 is 10.7 Å². The molecule has 2 amide bonds. The third-order valence-corrected chi connectivity index (χ3v) is 2.05. The van der Waals surface area contributed by atoms with Crippen LogP contribution >= 0.6 is 0 Å². The summed E-state index contributed by atoms with van der Waals surface area (Å²) in [6.07, 6.45) is -3.68. The van der Waals surface area contributed by atoms with Crippen LogP contribution in [0.3, 0.4) is 0 Å². The van der Waals surface area contributed by atoms with Gasteiger partial charge in [0, 0.05) is 6.92 Å². The monoisotopic (exact) mass is 308 g/mol. The standard InChI is InChI=1S/C9H11F3N6O3/c1-5(19)18(2-3-21-9(10,11)12)17-16-8-6(7(13)20)14-4-15-8/h4H,2-3H2,1H3,(H2,13,20)(H,14,15)/b17-16+. The summed E-state index contributed by atoms with van der Waals surface area (Å²) in [5, 5.41) is 7.50. The van der Waals surface area contributed by atoms with Gasteiger partial charge in [-0.2, -0.15) is 0 Å². The number of imidazole rings is 1. The van der Waals surface area contributed by atoms with Crippen LogP contribution in [0, 0.1) is 0 Å². The first-order chi connectivity index (χ1) is 9.70. The first kappa shape index (κ1) is 16.6. The highest BCUT2D eigenvalue weighted by Gasteiger charge is 2.29. The Balaban J connectivity index is 2.70. The van der Waals surface area contributed by atoms with Crippen molar-refractivity contribution in [2.75, 3.05) is 13.2 Å². The number of nitrogens with one attached hydrogen (secondary N) is 1. The first-order valence-electron chi connectivity index (χ1n) is 5.44. The maximum atomic E-state index is 11.8. The molecule has 0 aromatic carbocycles. The number of aromatic amines is 1. The van der Waals surface area contributed by atoms with Crippen LogP contribution in [0.15, 0.2) is 16.7 Å². The minimum Gasteiger partial charge on any atom is -0.364 e. The minimum absolute atomic E-state index is 0.145. The van der Waals surface area contributed by atoms with E-state index in [9.17, 15) is 22.8 Å². The number of halogens is 3. The van der Waals surface area contributed by atoms with Gasteiger partial charge in [-0.15, -0.1) is 18.3 Å². The van der Waals surface area contributed by atoms with Crippen molar-refractivity contribution in [3.05, 3.63) is 12.0 Å². The van der Waals surface area contributed by atoms with Gasteiger partial charge in [-0.1, -0.05) is 5.22 Å². The van der Waals surface area contributed by atoms with Gasteiger partial charge >= 0.3 is 6.36 Å². The number of alkyl halides is 3. The number of nitrogens with two attached hydrogens (primary N) is 1. The zero-order valence-electron chi connectivity index (χ0n) is 10.7. The number of H-pyrrole nitrogens is 1. The normalized spacial score (nSPS) is 11.8. The van der Waals surface area contributed by atoms with E-state index < -0.39 is 31.3 Å². The SMILES string of the molecule is CC(=O)N(CCOC(F)(F)F)/N=N/c1nc[nH]c1C(N)=O. The first-order valence-corrected chi connectivity index (χ1v) is 5.44. The number of carbonyl (C=O) groups is 2. The van der Waals surface area contributed by atoms with Crippen molar-refractivity contribution in [3.63, 3.8) is 0 Å². The number of amides is 2. The van der Waals surface area contributed by atoms with E-state index in [1.165, 1.54) is 0 Å². The zero-order chi connectivity index (χ0) is 16.0. The van der Waals surface area contributed by atoms with Crippen LogP contribution in [0.2, 0.25) is 0 Å². The van der Waals surface area contributed by atoms with Crippen LogP contribution in [-0.2, 0) is 9.53 Å². The molecule has 1 aromatic heterocycles. The number of primary amides is 1. The molecule has 0 unspecified atom stereocenters. The zero-order valence-corrected chi connectivity index (χ0v) is 10.7. The molecule has 0 radical (unpaired) electrons. The van der Waals surface area contributed by atoms with E-state index in [2.05, 4.69) is 25.0 Å². The van der Waals surface area contributed by atoms with E-state index in [1.807, 2.05) is 0 Å². The largest absolute Gasteiger partial charge is 0.522 e. The average molecular weight is 308 g/mol. The third-order valence-electron chi connectivity index (χ3n) is 2.05. The highest BCUT2D eigenvalue weighted by molar-refractivity contribution is 5.94. The van der Waals surface area contributed by atoms with Crippen molar-refractivity contribution in [2.24, 2.45) is 16.1 Å². The molecule has 0 aliphatic rings. The van der Waals surface area contributed by atoms with E-state index in [0.717, 1.165) is 13.3 Å². The Kier molecular flexibility index (Phi) is 5.35. The molecule has 0 saturated carbocycles. The molecule has 0 atom stereocenters. The van der Waals surface area contributed by atoms with E-state index in [4.69, 9.17) is 5.73 Å². The van der Waals surface area contributed by atoms with Gasteiger partial charge in [-0.3, -0.25) is 14.3 Å². The van der Waals surface area contributed by atoms with Crippen molar-refractivity contribution < 1.29 is 27.5 Å². The van der Waals surface area contributed by atoms with Gasteiger partial charge in [-0.25, -0.2) is 9.99 Å². The van der Waals surface area contributed by atoms with Gasteiger partial charge in [0.25, 0.3) is 5.91 Å². The molecule has 9 nitrogen and oxygen atoms in total. The highest BCUT2D eigenvalue weighted by Crippen LogP contribution is 2.16. The average Bonchev–Trinajstić information content (AvgIpc) is 2.79.